The number of cyclic esters (lactones) is 4. The van der Waals surface area contributed by atoms with Crippen molar-refractivity contribution >= 4 is 94.6 Å². The minimum atomic E-state index is -2.09. The molecule has 0 aliphatic carbocycles. The van der Waals surface area contributed by atoms with Crippen LogP contribution in [0, 0.1) is 91.8 Å². The Labute approximate surface area is 975 Å². The molecule has 0 saturated carbocycles. The number of nitrogens with one attached hydrogen (secondary N) is 1. The topological polar surface area (TPSA) is 565 Å². The molecule has 0 bridgehead atoms. The summed E-state index contributed by atoms with van der Waals surface area (Å²) in [4.78, 5) is 211. The van der Waals surface area contributed by atoms with Gasteiger partial charge < -0.3 is 120 Å². The van der Waals surface area contributed by atoms with Gasteiger partial charge >= 0.3 is 154 Å². The van der Waals surface area contributed by atoms with E-state index in [0.29, 0.717) is 54.5 Å². The predicted molar refractivity (Wildman–Crippen MR) is 545 cm³/mol. The number of carbonyl (C=O) groups excluding carboxylic acids is 16. The smallest absolute Gasteiger partial charge is 0.870 e. The Kier molecular flexibility index (Phi) is 102. The van der Waals surface area contributed by atoms with Crippen LogP contribution in [0.3, 0.4) is 0 Å². The molecule has 37 nitrogen and oxygen atoms in total. The molecule has 0 spiro atoms. The molecule has 3 aliphatic heterocycles. The first-order valence-corrected chi connectivity index (χ1v) is 46.0. The van der Waals surface area contributed by atoms with Crippen molar-refractivity contribution in [2.24, 2.45) is 76.7 Å². The number of aliphatic carboxylic acids is 3. The Balaban J connectivity index is -0.000000267. The summed E-state index contributed by atoms with van der Waals surface area (Å²) in [5.74, 6) is -31.3. The third kappa shape index (κ3) is 53.3. The van der Waals surface area contributed by atoms with Crippen LogP contribution in [0.4, 0.5) is 0 Å². The maximum Gasteiger partial charge on any atom is 1.00 e. The summed E-state index contributed by atoms with van der Waals surface area (Å²) in [7, 11) is 7.20. The number of aliphatic hydroxyl groups is 2. The molecule has 3 heterocycles. The molecule has 18 atom stereocenters. The van der Waals surface area contributed by atoms with E-state index in [1.54, 1.807) is 95.3 Å². The van der Waals surface area contributed by atoms with Gasteiger partial charge in [-0.1, -0.05) is 187 Å². The summed E-state index contributed by atoms with van der Waals surface area (Å²) in [5.41, 5.74) is 8.81. The number of carboxylic acids is 3. The van der Waals surface area contributed by atoms with Gasteiger partial charge in [-0.05, 0) is 141 Å². The van der Waals surface area contributed by atoms with Gasteiger partial charge in [-0.2, -0.15) is 6.92 Å². The van der Waals surface area contributed by atoms with Gasteiger partial charge in [0.05, 0.1) is 116 Å². The van der Waals surface area contributed by atoms with E-state index in [9.17, 15) is 92.0 Å². The third-order valence-electron chi connectivity index (χ3n) is 23.5. The number of Topliss-reactive ketones (excluding diaryl/α,β-unsaturated/α-hetero) is 4. The number of imide groups is 1. The quantitative estimate of drug-likeness (QED) is 0.00642. The van der Waals surface area contributed by atoms with Crippen molar-refractivity contribution in [2.45, 2.75) is 269 Å². The number of esters is 6. The Hall–Kier alpha value is -7.00. The number of nitrogens with two attached hydrogens (primary N) is 1. The maximum absolute atomic E-state index is 14.8. The van der Waals surface area contributed by atoms with E-state index in [2.05, 4.69) is 23.9 Å². The van der Waals surface area contributed by atoms with Gasteiger partial charge in [0.15, 0.2) is 23.1 Å². The van der Waals surface area contributed by atoms with E-state index in [-0.39, 0.29) is 289 Å². The normalized spacial score (nSPS) is 16.9. The molecule has 18 unspecified atom stereocenters. The third-order valence-corrected chi connectivity index (χ3v) is 23.5. The first-order chi connectivity index (χ1) is 64.9. The second-order valence-corrected chi connectivity index (χ2v) is 32.5. The number of methoxy groups -OCH3 is 6. The molecular formula is C108H174N3Na4O34-. The number of carboxylic acid groups (broad SMARTS) is 3. The van der Waals surface area contributed by atoms with E-state index >= 15 is 0 Å². The molecule has 3 fully saturated rings. The largest absolute Gasteiger partial charge is 1.00 e. The molecule has 149 heavy (non-hydrogen) atoms. The van der Waals surface area contributed by atoms with Gasteiger partial charge in [0.1, 0.15) is 31.3 Å². The molecular weight excluding hydrogens is 1980 g/mol. The standard InChI is InChI=1S/C65H90N2O24.C18H18O4.C9H14O4.C4H11N.C2H6O.C2H5.8CH4.4Na.H2O/c1-12-16-26-66-56(70)52(41(59(73)74)31-47(84-8)51-36(6)62(79)91-65(51)82)48(85-9)30-40-53(58(72)67(57(40)71)27-17-13-2)49(86-10)32-43(61(77)78)55(63(80)88-15-4)50(87-11)33-42(60(75)76)54(46(14-3)83-7)64(81)90-29-28-89-39-24-22-38(23-25-39)45(69)34-44(68)37-20-18-35(5)19-21-37;1-13-2-4-14(5-3-13)17(20)12-18(21)15-6-8-16(9-7-15)22-11-10-19;1-4-6(12-3)7-5(2)8(10)13-9(7)11;1-2-3-4-5;1-2-3;1-2;;;;;;;;;;;;;/h18-25,36,40-43,46-55H,12-17,26-34H2,1-11H3,(H,66,70)(H,73,74)(H,75,76)(H,77,78);2-9,19H,10-12H2,1H3;5-7H,4H2,1-3H3;2-5H2,1H3;3H,2H2,1H3;1H2,2H3;8*1H4;;;;;1H2/q;;;;;-1;;;;;;;;;4*+1;/p-4. The number of benzene rings is 4. The summed E-state index contributed by atoms with van der Waals surface area (Å²) in [6.07, 6.45) is -6.13. The SMILES string of the molecule is C.C.C.C.C.C.C.C.CCC(OC)C1C(=O)OC(=O)C1C.CCCCN.CCCCNC(=O)C(C(CC1C(=O)N(CCCC)C(=O)C1C(CC(C(=O)[O-])C(C(=O)OCC)C(CC(C(=O)[O-])C(C(=O)OCCOc1ccc(C(=O)CC(=O)c2ccc(C)cc2)cc1)C(CC)OC)OC)OC)OC)C(CC(OC)C1C(=O)OC(=O)C1C)C(=O)[O-].CCO.Cc1ccc(C(=O)CC(=O)c2ccc(OCCO)cc2)cc1.[CH2-]C.[Na+].[Na+].[Na+].[Na+].[OH-]. The molecule has 7 rings (SSSR count). The van der Waals surface area contributed by atoms with Crippen molar-refractivity contribution in [3.05, 3.63) is 137 Å². The summed E-state index contributed by atoms with van der Waals surface area (Å²) in [5, 5.41) is 59.3. The summed E-state index contributed by atoms with van der Waals surface area (Å²) in [6, 6.07) is 26.4. The monoisotopic (exact) mass is 2150 g/mol. The molecule has 6 N–H and O–H groups in total. The van der Waals surface area contributed by atoms with E-state index in [1.807, 2.05) is 39.8 Å². The van der Waals surface area contributed by atoms with Gasteiger partial charge in [-0.3, -0.25) is 67.2 Å². The fourth-order valence-corrected chi connectivity index (χ4v) is 16.0. The van der Waals surface area contributed by atoms with Crippen molar-refractivity contribution in [2.75, 3.05) is 102 Å². The number of hydrogen-bond acceptors (Lipinski definition) is 35. The number of likely N-dealkylation sites (tertiary alicyclic amines) is 1. The molecule has 3 amide bonds. The van der Waals surface area contributed by atoms with Crippen molar-refractivity contribution in [3.63, 3.8) is 0 Å². The van der Waals surface area contributed by atoms with E-state index < -0.39 is 205 Å². The summed E-state index contributed by atoms with van der Waals surface area (Å²) < 4.78 is 65.1. The fourth-order valence-electron chi connectivity index (χ4n) is 16.0. The zero-order valence-corrected chi connectivity index (χ0v) is 94.1. The Morgan fingerprint density at radius 1 is 0.436 bits per heavy atom. The fraction of sp³-hybridized carbons (Fsp3) is 0.620. The van der Waals surface area contributed by atoms with Gasteiger partial charge in [0.25, 0.3) is 0 Å². The number of rotatable bonds is 55. The van der Waals surface area contributed by atoms with Crippen molar-refractivity contribution in [1.82, 2.24) is 10.2 Å². The second kappa shape index (κ2) is 91.3. The maximum atomic E-state index is 14.8. The van der Waals surface area contributed by atoms with Crippen LogP contribution < -0.4 is 154 Å². The first-order valence-electron chi connectivity index (χ1n) is 46.0. The minimum absolute atomic E-state index is 0. The molecule has 4 aromatic carbocycles. The number of nitrogens with zero attached hydrogens (tertiary/aromatic N) is 1. The molecule has 3 aliphatic rings. The predicted octanol–water partition coefficient (Wildman–Crippen LogP) is -0.337. The number of carbonyl (C=O) groups is 16. The van der Waals surface area contributed by atoms with Crippen LogP contribution in [0.15, 0.2) is 97.1 Å². The van der Waals surface area contributed by atoms with E-state index in [4.69, 9.17) is 68.1 Å². The zero-order valence-electron chi connectivity index (χ0n) is 86.1. The Morgan fingerprint density at radius 3 is 1.11 bits per heavy atom. The molecule has 830 valence electrons. The number of aryl methyl sites for hydroxylation is 2. The molecule has 3 saturated heterocycles. The van der Waals surface area contributed by atoms with E-state index in [0.717, 1.165) is 43.9 Å². The average molecular weight is 2150 g/mol. The molecule has 41 heteroatoms. The van der Waals surface area contributed by atoms with Gasteiger partial charge in [-0.15, -0.1) is 0 Å². The number of hydrogen-bond donors (Lipinski definition) is 4. The van der Waals surface area contributed by atoms with Crippen LogP contribution in [0.1, 0.15) is 271 Å². The zero-order chi connectivity index (χ0) is 103. The summed E-state index contributed by atoms with van der Waals surface area (Å²) in [6.45, 7) is 24.4. The van der Waals surface area contributed by atoms with Crippen molar-refractivity contribution in [1.29, 1.82) is 0 Å². The molecule has 4 aromatic rings. The Morgan fingerprint density at radius 2 is 0.785 bits per heavy atom. The van der Waals surface area contributed by atoms with Crippen molar-refractivity contribution < 1.29 is 283 Å². The number of amides is 3. The average Bonchev–Trinajstić information content (AvgIpc) is 1.62. The number of aliphatic hydroxyl groups excluding tert-OH is 2. The first kappa shape index (κ1) is 167. The van der Waals surface area contributed by atoms with Crippen LogP contribution in [0.5, 0.6) is 11.5 Å². The number of ether oxygens (including phenoxy) is 12. The van der Waals surface area contributed by atoms with Crippen LogP contribution >= 0.6 is 0 Å². The van der Waals surface area contributed by atoms with Crippen molar-refractivity contribution in [3.8, 4) is 11.5 Å². The second-order valence-electron chi connectivity index (χ2n) is 32.5. The Bertz CT molecular complexity index is 4430. The van der Waals surface area contributed by atoms with Crippen LogP contribution in [0.2, 0.25) is 0 Å². The van der Waals surface area contributed by atoms with Gasteiger partial charge in [-0.25, -0.2) is 0 Å². The van der Waals surface area contributed by atoms with E-state index in [1.165, 1.54) is 72.3 Å². The number of unbranched alkanes of at least 4 members (excludes halogenated alkanes) is 3. The van der Waals surface area contributed by atoms with Crippen LogP contribution in [-0.4, -0.2) is 254 Å². The molecule has 0 aromatic heterocycles. The van der Waals surface area contributed by atoms with Crippen LogP contribution in [0.25, 0.3) is 0 Å². The van der Waals surface area contributed by atoms with Gasteiger partial charge in [0.2, 0.25) is 17.7 Å². The number of ketones is 4. The minimum Gasteiger partial charge on any atom is -0.870 e. The van der Waals surface area contributed by atoms with Crippen LogP contribution in [-0.2, 0) is 105 Å². The summed E-state index contributed by atoms with van der Waals surface area (Å²) >= 11 is 0. The molecule has 0 radical (unpaired) electrons. The van der Waals surface area contributed by atoms with Gasteiger partial charge in [0, 0.05) is 120 Å².